The van der Waals surface area contributed by atoms with Crippen LogP contribution in [-0.4, -0.2) is 21.4 Å². The molecule has 1 aromatic carbocycles. The number of hydrogen-bond acceptors (Lipinski definition) is 4. The molecule has 0 spiro atoms. The first-order valence-corrected chi connectivity index (χ1v) is 8.89. The Kier molecular flexibility index (Phi) is 4.78. The maximum Gasteiger partial charge on any atom is 0.263 e. The molecule has 1 saturated heterocycles. The number of carbonyl (C=O) groups is 1. The number of hydrogen-bond donors (Lipinski definition) is 1. The van der Waals surface area contributed by atoms with E-state index >= 15 is 0 Å². The van der Waals surface area contributed by atoms with Crippen molar-refractivity contribution in [1.29, 1.82) is 0 Å². The predicted octanol–water partition coefficient (Wildman–Crippen LogP) is 3.98. The largest absolute Gasteiger partial charge is 0.494 e. The van der Waals surface area contributed by atoms with E-state index in [1.807, 2.05) is 44.2 Å². The number of ether oxygens (including phenoxy) is 1. The standard InChI is InChI=1S/C18H18N2O2S2/c1-4-22-15-7-5-14(6-8-15)20-11(2)9-13(12(20)3)10-16-17(21)19-18(23)24-16/h5-10H,4H2,1-3H3,(H,19,21,23)/b16-10+. The van der Waals surface area contributed by atoms with Gasteiger partial charge in [-0.15, -0.1) is 0 Å². The zero-order valence-electron chi connectivity index (χ0n) is 13.8. The van der Waals surface area contributed by atoms with Crippen molar-refractivity contribution < 1.29 is 9.53 Å². The van der Waals surface area contributed by atoms with Gasteiger partial charge in [0.25, 0.3) is 5.91 Å². The average molecular weight is 358 g/mol. The lowest BCUT2D eigenvalue weighted by atomic mass is 10.2. The molecule has 1 aliphatic heterocycles. The molecule has 2 heterocycles. The molecule has 2 aromatic rings. The highest BCUT2D eigenvalue weighted by atomic mass is 32.2. The van der Waals surface area contributed by atoms with E-state index in [2.05, 4.69) is 22.9 Å². The van der Waals surface area contributed by atoms with Crippen molar-refractivity contribution in [2.24, 2.45) is 0 Å². The van der Waals surface area contributed by atoms with E-state index < -0.39 is 0 Å². The van der Waals surface area contributed by atoms with Gasteiger partial charge in [0.2, 0.25) is 0 Å². The van der Waals surface area contributed by atoms with Gasteiger partial charge in [0.15, 0.2) is 0 Å². The molecule has 6 heteroatoms. The van der Waals surface area contributed by atoms with Gasteiger partial charge in [-0.25, -0.2) is 0 Å². The second kappa shape index (κ2) is 6.83. The Labute approximate surface area is 150 Å². The summed E-state index contributed by atoms with van der Waals surface area (Å²) in [6, 6.07) is 10.1. The molecule has 0 bridgehead atoms. The van der Waals surface area contributed by atoms with Gasteiger partial charge in [-0.2, -0.15) is 0 Å². The third-order valence-corrected chi connectivity index (χ3v) is 4.97. The van der Waals surface area contributed by atoms with E-state index in [0.717, 1.165) is 28.4 Å². The van der Waals surface area contributed by atoms with E-state index in [1.54, 1.807) is 0 Å². The Balaban J connectivity index is 1.96. The zero-order valence-corrected chi connectivity index (χ0v) is 15.4. The molecule has 1 amide bonds. The number of rotatable bonds is 4. The number of carbonyl (C=O) groups excluding carboxylic acids is 1. The summed E-state index contributed by atoms with van der Waals surface area (Å²) in [5.41, 5.74) is 4.27. The average Bonchev–Trinajstić information content (AvgIpc) is 3.00. The highest BCUT2D eigenvalue weighted by molar-refractivity contribution is 8.26. The first-order valence-electron chi connectivity index (χ1n) is 7.66. The number of thioether (sulfide) groups is 1. The van der Waals surface area contributed by atoms with Crippen molar-refractivity contribution in [3.63, 3.8) is 0 Å². The van der Waals surface area contributed by atoms with Crippen LogP contribution in [0.15, 0.2) is 35.2 Å². The Bertz CT molecular complexity index is 835. The van der Waals surface area contributed by atoms with Crippen LogP contribution in [-0.2, 0) is 4.79 Å². The topological polar surface area (TPSA) is 43.3 Å². The summed E-state index contributed by atoms with van der Waals surface area (Å²) in [6.45, 7) is 6.72. The number of benzene rings is 1. The van der Waals surface area contributed by atoms with Crippen LogP contribution in [0.2, 0.25) is 0 Å². The van der Waals surface area contributed by atoms with Gasteiger partial charge in [0, 0.05) is 17.1 Å². The van der Waals surface area contributed by atoms with Crippen molar-refractivity contribution in [1.82, 2.24) is 9.88 Å². The van der Waals surface area contributed by atoms with Crippen molar-refractivity contribution in [2.75, 3.05) is 6.61 Å². The summed E-state index contributed by atoms with van der Waals surface area (Å²) in [7, 11) is 0. The van der Waals surface area contributed by atoms with Gasteiger partial charge in [-0.3, -0.25) is 4.79 Å². The third kappa shape index (κ3) is 3.25. The fourth-order valence-electron chi connectivity index (χ4n) is 2.75. The molecule has 4 nitrogen and oxygen atoms in total. The molecule has 0 aliphatic carbocycles. The molecule has 1 aliphatic rings. The highest BCUT2D eigenvalue weighted by Crippen LogP contribution is 2.29. The van der Waals surface area contributed by atoms with Gasteiger partial charge >= 0.3 is 0 Å². The van der Waals surface area contributed by atoms with E-state index in [4.69, 9.17) is 17.0 Å². The summed E-state index contributed by atoms with van der Waals surface area (Å²) in [6.07, 6.45) is 1.90. The van der Waals surface area contributed by atoms with Crippen LogP contribution in [0.1, 0.15) is 23.9 Å². The van der Waals surface area contributed by atoms with Crippen molar-refractivity contribution in [3.05, 3.63) is 52.2 Å². The molecular weight excluding hydrogens is 340 g/mol. The van der Waals surface area contributed by atoms with Crippen LogP contribution in [0.25, 0.3) is 11.8 Å². The highest BCUT2D eigenvalue weighted by Gasteiger charge is 2.23. The van der Waals surface area contributed by atoms with Crippen LogP contribution in [0.5, 0.6) is 5.75 Å². The van der Waals surface area contributed by atoms with E-state index in [-0.39, 0.29) is 5.91 Å². The molecule has 1 aromatic heterocycles. The number of nitrogens with zero attached hydrogens (tertiary/aromatic N) is 1. The molecule has 0 radical (unpaired) electrons. The minimum Gasteiger partial charge on any atom is -0.494 e. The van der Waals surface area contributed by atoms with Gasteiger partial charge < -0.3 is 14.6 Å². The fourth-order valence-corrected chi connectivity index (χ4v) is 3.79. The molecule has 24 heavy (non-hydrogen) atoms. The van der Waals surface area contributed by atoms with Gasteiger partial charge in [-0.1, -0.05) is 24.0 Å². The maximum absolute atomic E-state index is 11.9. The Hall–Kier alpha value is -2.05. The molecule has 1 N–H and O–H groups in total. The maximum atomic E-state index is 11.9. The second-order valence-corrected chi connectivity index (χ2v) is 7.16. The van der Waals surface area contributed by atoms with Crippen LogP contribution >= 0.6 is 24.0 Å². The summed E-state index contributed by atoms with van der Waals surface area (Å²) in [5, 5.41) is 2.64. The molecule has 0 unspecified atom stereocenters. The quantitative estimate of drug-likeness (QED) is 0.663. The number of nitrogens with one attached hydrogen (secondary N) is 1. The lowest BCUT2D eigenvalue weighted by Crippen LogP contribution is -2.17. The van der Waals surface area contributed by atoms with Crippen LogP contribution in [0.3, 0.4) is 0 Å². The van der Waals surface area contributed by atoms with E-state index in [9.17, 15) is 4.79 Å². The first-order chi connectivity index (χ1) is 11.5. The summed E-state index contributed by atoms with van der Waals surface area (Å²) in [5.74, 6) is 0.731. The van der Waals surface area contributed by atoms with Crippen LogP contribution in [0, 0.1) is 13.8 Å². The lowest BCUT2D eigenvalue weighted by molar-refractivity contribution is -0.115. The number of amides is 1. The minimum absolute atomic E-state index is 0.129. The molecule has 0 saturated carbocycles. The number of thiocarbonyl (C=S) groups is 1. The zero-order chi connectivity index (χ0) is 17.3. The second-order valence-electron chi connectivity index (χ2n) is 5.44. The monoisotopic (exact) mass is 358 g/mol. The molecular formula is C18H18N2O2S2. The normalized spacial score (nSPS) is 15.9. The van der Waals surface area contributed by atoms with Crippen molar-refractivity contribution in [3.8, 4) is 11.4 Å². The minimum atomic E-state index is -0.129. The van der Waals surface area contributed by atoms with Crippen LogP contribution in [0.4, 0.5) is 0 Å². The number of aromatic nitrogens is 1. The Morgan fingerprint density at radius 3 is 2.58 bits per heavy atom. The van der Waals surface area contributed by atoms with Crippen molar-refractivity contribution >= 4 is 40.3 Å². The first kappa shape index (κ1) is 16.8. The van der Waals surface area contributed by atoms with Crippen molar-refractivity contribution in [2.45, 2.75) is 20.8 Å². The summed E-state index contributed by atoms with van der Waals surface area (Å²) in [4.78, 5) is 12.5. The van der Waals surface area contributed by atoms with Gasteiger partial charge in [-0.05, 0) is 62.7 Å². The molecule has 124 valence electrons. The summed E-state index contributed by atoms with van der Waals surface area (Å²) >= 11 is 6.34. The Morgan fingerprint density at radius 1 is 1.29 bits per heavy atom. The lowest BCUT2D eigenvalue weighted by Gasteiger charge is -2.11. The SMILES string of the molecule is CCOc1ccc(-n2c(C)cc(/C=C3/SC(=S)NC3=O)c2C)cc1. The number of aryl methyl sites for hydroxylation is 1. The molecule has 0 atom stereocenters. The smallest absolute Gasteiger partial charge is 0.263 e. The fraction of sp³-hybridized carbons (Fsp3) is 0.222. The van der Waals surface area contributed by atoms with E-state index in [0.29, 0.717) is 15.8 Å². The van der Waals surface area contributed by atoms with Crippen LogP contribution < -0.4 is 10.1 Å². The molecule has 3 rings (SSSR count). The predicted molar refractivity (Wildman–Crippen MR) is 103 cm³/mol. The molecule has 1 fully saturated rings. The van der Waals surface area contributed by atoms with Gasteiger partial charge in [0.1, 0.15) is 10.1 Å². The van der Waals surface area contributed by atoms with E-state index in [1.165, 1.54) is 11.8 Å². The summed E-state index contributed by atoms with van der Waals surface area (Å²) < 4.78 is 8.17. The Morgan fingerprint density at radius 2 is 2.00 bits per heavy atom. The van der Waals surface area contributed by atoms with Gasteiger partial charge in [0.05, 0.1) is 11.5 Å². The third-order valence-electron chi connectivity index (χ3n) is 3.80.